The Bertz CT molecular complexity index is 296. The average Bonchev–Trinajstić information content (AvgIpc) is 2.18. The van der Waals surface area contributed by atoms with Gasteiger partial charge in [0.1, 0.15) is 0 Å². The van der Waals surface area contributed by atoms with Crippen molar-refractivity contribution in [3.8, 4) is 0 Å². The predicted molar refractivity (Wildman–Crippen MR) is 63.3 cm³/mol. The van der Waals surface area contributed by atoms with Crippen molar-refractivity contribution in [2.75, 3.05) is 0 Å². The Kier molecular flexibility index (Phi) is 4.28. The molecule has 3 heteroatoms. The first-order valence-electron chi connectivity index (χ1n) is 5.24. The molecule has 0 spiro atoms. The van der Waals surface area contributed by atoms with E-state index in [4.69, 9.17) is 0 Å². The average molecular weight is 204 g/mol. The van der Waals surface area contributed by atoms with Gasteiger partial charge in [0, 0.05) is 30.5 Å². The van der Waals surface area contributed by atoms with Gasteiger partial charge >= 0.3 is 0 Å². The van der Waals surface area contributed by atoms with Crippen LogP contribution in [0.15, 0.2) is 23.5 Å². The highest BCUT2D eigenvalue weighted by Gasteiger charge is 2.08. The lowest BCUT2D eigenvalue weighted by atomic mass is 10.2. The Morgan fingerprint density at radius 1 is 1.33 bits per heavy atom. The molecule has 1 aromatic rings. The maximum atomic E-state index is 4.35. The zero-order valence-corrected chi connectivity index (χ0v) is 9.81. The zero-order valence-electron chi connectivity index (χ0n) is 9.81. The van der Waals surface area contributed by atoms with Crippen molar-refractivity contribution < 1.29 is 0 Å². The molecule has 15 heavy (non-hydrogen) atoms. The van der Waals surface area contributed by atoms with Crippen molar-refractivity contribution in [1.29, 1.82) is 0 Å². The molecule has 0 unspecified atom stereocenters. The predicted octanol–water partition coefficient (Wildman–Crippen LogP) is 2.66. The minimum atomic E-state index is 0.454. The van der Waals surface area contributed by atoms with Crippen LogP contribution in [-0.2, 0) is 0 Å². The van der Waals surface area contributed by atoms with Crippen LogP contribution in [0.2, 0.25) is 0 Å². The molecule has 1 aromatic heterocycles. The van der Waals surface area contributed by atoms with Crippen LogP contribution in [0, 0.1) is 6.07 Å². The highest BCUT2D eigenvalue weighted by molar-refractivity contribution is 5.61. The number of hydrogen-bond acceptors (Lipinski definition) is 2. The van der Waals surface area contributed by atoms with Gasteiger partial charge in [-0.2, -0.15) is 0 Å². The van der Waals surface area contributed by atoms with E-state index in [-0.39, 0.29) is 0 Å². The molecular formula is C12H18N3. The maximum absolute atomic E-state index is 4.35. The van der Waals surface area contributed by atoms with Gasteiger partial charge < -0.3 is 4.90 Å². The lowest BCUT2D eigenvalue weighted by Gasteiger charge is -2.28. The van der Waals surface area contributed by atoms with Gasteiger partial charge in [0.15, 0.2) is 0 Å². The number of hydrogen-bond donors (Lipinski definition) is 0. The lowest BCUT2D eigenvalue weighted by Crippen LogP contribution is -2.35. The Morgan fingerprint density at radius 3 is 2.47 bits per heavy atom. The lowest BCUT2D eigenvalue weighted by molar-refractivity contribution is 0.301. The van der Waals surface area contributed by atoms with Gasteiger partial charge in [0.25, 0.3) is 0 Å². The van der Waals surface area contributed by atoms with Crippen LogP contribution in [0.4, 0.5) is 5.69 Å². The van der Waals surface area contributed by atoms with E-state index in [2.05, 4.69) is 48.6 Å². The Hall–Kier alpha value is -1.38. The summed E-state index contributed by atoms with van der Waals surface area (Å²) >= 11 is 0. The van der Waals surface area contributed by atoms with E-state index in [1.165, 1.54) is 0 Å². The van der Waals surface area contributed by atoms with Crippen LogP contribution in [-0.4, -0.2) is 28.3 Å². The molecule has 0 aliphatic carbocycles. The van der Waals surface area contributed by atoms with Crippen molar-refractivity contribution in [2.45, 2.75) is 39.8 Å². The summed E-state index contributed by atoms with van der Waals surface area (Å²) in [6, 6.07) is 5.72. The van der Waals surface area contributed by atoms with Gasteiger partial charge in [0.05, 0.1) is 12.0 Å². The SMILES string of the molecule is CC(C)N(/C=N/c1[c]cncc1)C(C)C. The van der Waals surface area contributed by atoms with Gasteiger partial charge in [0.2, 0.25) is 0 Å². The summed E-state index contributed by atoms with van der Waals surface area (Å²) in [5.41, 5.74) is 0.816. The molecule has 0 N–H and O–H groups in total. The highest BCUT2D eigenvalue weighted by Crippen LogP contribution is 2.08. The van der Waals surface area contributed by atoms with Gasteiger partial charge in [-0.3, -0.25) is 4.98 Å². The summed E-state index contributed by atoms with van der Waals surface area (Å²) in [6.45, 7) is 8.62. The fourth-order valence-electron chi connectivity index (χ4n) is 1.38. The first-order valence-corrected chi connectivity index (χ1v) is 5.24. The Labute approximate surface area is 91.9 Å². The van der Waals surface area contributed by atoms with Crippen molar-refractivity contribution >= 4 is 12.0 Å². The summed E-state index contributed by atoms with van der Waals surface area (Å²) in [5, 5.41) is 0. The van der Waals surface area contributed by atoms with Gasteiger partial charge in [-0.05, 0) is 33.8 Å². The van der Waals surface area contributed by atoms with Crippen LogP contribution in [0.3, 0.4) is 0 Å². The minimum Gasteiger partial charge on any atom is -0.358 e. The van der Waals surface area contributed by atoms with Gasteiger partial charge in [-0.25, -0.2) is 4.99 Å². The molecule has 0 fully saturated rings. The largest absolute Gasteiger partial charge is 0.358 e. The topological polar surface area (TPSA) is 28.5 Å². The Balaban J connectivity index is 2.70. The number of aliphatic imine (C=N–C) groups is 1. The standard InChI is InChI=1S/C12H18N3/c1-10(2)15(11(3)4)9-14-12-5-7-13-8-6-12/h5,7-11H,1-4H3/b14-9+. The van der Waals surface area contributed by atoms with Crippen LogP contribution in [0.25, 0.3) is 0 Å². The quantitative estimate of drug-likeness (QED) is 0.557. The van der Waals surface area contributed by atoms with Crippen LogP contribution in [0.5, 0.6) is 0 Å². The molecule has 0 aromatic carbocycles. The molecule has 0 saturated carbocycles. The molecule has 0 atom stereocenters. The summed E-state index contributed by atoms with van der Waals surface area (Å²) < 4.78 is 0. The highest BCUT2D eigenvalue weighted by atomic mass is 15.2. The van der Waals surface area contributed by atoms with Crippen molar-refractivity contribution in [1.82, 2.24) is 9.88 Å². The molecule has 1 heterocycles. The normalized spacial score (nSPS) is 11.6. The molecule has 1 radical (unpaired) electrons. The number of rotatable bonds is 4. The van der Waals surface area contributed by atoms with Crippen LogP contribution >= 0.6 is 0 Å². The molecule has 0 amide bonds. The summed E-state index contributed by atoms with van der Waals surface area (Å²) in [4.78, 5) is 10.5. The monoisotopic (exact) mass is 204 g/mol. The van der Waals surface area contributed by atoms with Crippen molar-refractivity contribution in [3.05, 3.63) is 24.5 Å². The second-order valence-electron chi connectivity index (χ2n) is 4.00. The second kappa shape index (κ2) is 5.49. The summed E-state index contributed by atoms with van der Waals surface area (Å²) in [7, 11) is 0. The van der Waals surface area contributed by atoms with E-state index < -0.39 is 0 Å². The minimum absolute atomic E-state index is 0.454. The summed E-state index contributed by atoms with van der Waals surface area (Å²) in [5.74, 6) is 0. The third-order valence-electron chi connectivity index (χ3n) is 2.13. The van der Waals surface area contributed by atoms with E-state index in [0.717, 1.165) is 5.69 Å². The fraction of sp³-hybridized carbons (Fsp3) is 0.500. The molecule has 0 aliphatic heterocycles. The zero-order chi connectivity index (χ0) is 11.3. The molecule has 3 nitrogen and oxygen atoms in total. The smallest absolute Gasteiger partial charge is 0.0917 e. The first kappa shape index (κ1) is 11.7. The van der Waals surface area contributed by atoms with Crippen molar-refractivity contribution in [3.63, 3.8) is 0 Å². The van der Waals surface area contributed by atoms with E-state index in [9.17, 15) is 0 Å². The summed E-state index contributed by atoms with van der Waals surface area (Å²) in [6.07, 6.45) is 5.22. The molecule has 81 valence electrons. The van der Waals surface area contributed by atoms with Gasteiger partial charge in [-0.15, -0.1) is 0 Å². The van der Waals surface area contributed by atoms with E-state index in [1.54, 1.807) is 12.4 Å². The molecule has 0 aliphatic rings. The Morgan fingerprint density at radius 2 is 2.00 bits per heavy atom. The van der Waals surface area contributed by atoms with Gasteiger partial charge in [-0.1, -0.05) is 0 Å². The fourth-order valence-corrected chi connectivity index (χ4v) is 1.38. The number of nitrogens with zero attached hydrogens (tertiary/aromatic N) is 3. The van der Waals surface area contributed by atoms with E-state index in [0.29, 0.717) is 12.1 Å². The second-order valence-corrected chi connectivity index (χ2v) is 4.00. The van der Waals surface area contributed by atoms with Crippen molar-refractivity contribution in [2.24, 2.45) is 4.99 Å². The molecule has 1 rings (SSSR count). The van der Waals surface area contributed by atoms with E-state index >= 15 is 0 Å². The molecule has 0 bridgehead atoms. The van der Waals surface area contributed by atoms with E-state index in [1.807, 2.05) is 12.4 Å². The maximum Gasteiger partial charge on any atom is 0.0917 e. The number of pyridine rings is 1. The first-order chi connectivity index (χ1) is 7.11. The third-order valence-corrected chi connectivity index (χ3v) is 2.13. The molecular weight excluding hydrogens is 186 g/mol. The van der Waals surface area contributed by atoms with Crippen LogP contribution < -0.4 is 0 Å². The molecule has 0 saturated heterocycles. The third kappa shape index (κ3) is 3.70. The van der Waals surface area contributed by atoms with Crippen LogP contribution in [0.1, 0.15) is 27.7 Å². The number of aromatic nitrogens is 1.